The van der Waals surface area contributed by atoms with E-state index in [0.717, 1.165) is 0 Å². The molecule has 0 aromatic carbocycles. The molecule has 3 nitrogen and oxygen atoms in total. The number of rotatable bonds is 6. The molecular weight excluding hydrogens is 156 g/mol. The predicted octanol–water partition coefficient (Wildman–Crippen LogP) is 0.792. The molecule has 0 saturated heterocycles. The maximum atomic E-state index is 9.36. The van der Waals surface area contributed by atoms with Crippen molar-refractivity contribution < 1.29 is 14.9 Å². The predicted molar refractivity (Wildman–Crippen MR) is 48.0 cm³/mol. The molecule has 0 rings (SSSR count). The van der Waals surface area contributed by atoms with Crippen LogP contribution in [0.3, 0.4) is 0 Å². The quantitative estimate of drug-likeness (QED) is 0.588. The summed E-state index contributed by atoms with van der Waals surface area (Å²) in [6.45, 7) is 6.76. The average Bonchev–Trinajstić information content (AvgIpc) is 1.98. The summed E-state index contributed by atoms with van der Waals surface area (Å²) in [7, 11) is 0. The summed E-state index contributed by atoms with van der Waals surface area (Å²) in [6.07, 6.45) is 0.482. The molecule has 0 amide bonds. The highest BCUT2D eigenvalue weighted by atomic mass is 16.5. The summed E-state index contributed by atoms with van der Waals surface area (Å²) >= 11 is 0. The number of hydrogen-bond donors (Lipinski definition) is 2. The van der Waals surface area contributed by atoms with Crippen LogP contribution in [-0.4, -0.2) is 35.6 Å². The maximum Gasteiger partial charge on any atom is 0.0871 e. The van der Waals surface area contributed by atoms with Crippen molar-refractivity contribution >= 4 is 0 Å². The minimum absolute atomic E-state index is 0.210. The lowest BCUT2D eigenvalue weighted by Gasteiger charge is -2.20. The summed E-state index contributed by atoms with van der Waals surface area (Å²) in [5.41, 5.74) is -0.989. The second-order valence-corrected chi connectivity index (χ2v) is 3.87. The van der Waals surface area contributed by atoms with Gasteiger partial charge < -0.3 is 14.9 Å². The van der Waals surface area contributed by atoms with E-state index in [-0.39, 0.29) is 6.61 Å². The van der Waals surface area contributed by atoms with Crippen LogP contribution in [0.25, 0.3) is 0 Å². The first kappa shape index (κ1) is 11.9. The van der Waals surface area contributed by atoms with Crippen LogP contribution in [-0.2, 0) is 4.74 Å². The molecule has 0 bridgehead atoms. The molecule has 0 aliphatic heterocycles. The number of aliphatic hydroxyl groups is 2. The van der Waals surface area contributed by atoms with Gasteiger partial charge in [0.25, 0.3) is 0 Å². The Balaban J connectivity index is 3.31. The van der Waals surface area contributed by atoms with Crippen molar-refractivity contribution in [1.29, 1.82) is 0 Å². The molecule has 0 fully saturated rings. The van der Waals surface area contributed by atoms with Gasteiger partial charge in [0.05, 0.1) is 12.2 Å². The Morgan fingerprint density at radius 2 is 2.00 bits per heavy atom. The van der Waals surface area contributed by atoms with E-state index in [2.05, 4.69) is 13.8 Å². The number of aliphatic hydroxyl groups excluding tert-OH is 1. The number of ether oxygens (including phenoxy) is 1. The van der Waals surface area contributed by atoms with Crippen molar-refractivity contribution in [2.75, 3.05) is 19.8 Å². The minimum atomic E-state index is -0.989. The number of hydrogen-bond acceptors (Lipinski definition) is 3. The second kappa shape index (κ2) is 5.51. The van der Waals surface area contributed by atoms with Gasteiger partial charge in [-0.3, -0.25) is 0 Å². The van der Waals surface area contributed by atoms with Crippen molar-refractivity contribution in [3.05, 3.63) is 0 Å². The molecule has 74 valence electrons. The molecule has 1 unspecified atom stereocenters. The van der Waals surface area contributed by atoms with Crippen molar-refractivity contribution in [3.8, 4) is 0 Å². The van der Waals surface area contributed by atoms with Gasteiger partial charge in [0.1, 0.15) is 0 Å². The van der Waals surface area contributed by atoms with Crippen molar-refractivity contribution in [2.45, 2.75) is 32.8 Å². The molecule has 0 aromatic rings. The van der Waals surface area contributed by atoms with E-state index in [0.29, 0.717) is 25.6 Å². The van der Waals surface area contributed by atoms with E-state index >= 15 is 0 Å². The third-order valence-corrected chi connectivity index (χ3v) is 1.58. The van der Waals surface area contributed by atoms with Gasteiger partial charge in [0, 0.05) is 19.6 Å². The molecule has 12 heavy (non-hydrogen) atoms. The maximum absolute atomic E-state index is 9.36. The highest BCUT2D eigenvalue weighted by Crippen LogP contribution is 2.07. The van der Waals surface area contributed by atoms with Crippen molar-refractivity contribution in [3.63, 3.8) is 0 Å². The van der Waals surface area contributed by atoms with E-state index in [9.17, 15) is 5.11 Å². The summed E-state index contributed by atoms with van der Waals surface area (Å²) in [5, 5.41) is 18.1. The zero-order chi connectivity index (χ0) is 9.61. The molecule has 3 heteroatoms. The first-order valence-corrected chi connectivity index (χ1v) is 4.39. The molecule has 1 atom stereocenters. The van der Waals surface area contributed by atoms with Crippen LogP contribution in [0.15, 0.2) is 0 Å². The Kier molecular flexibility index (Phi) is 5.46. The Labute approximate surface area is 74.4 Å². The molecule has 0 saturated carbocycles. The third-order valence-electron chi connectivity index (χ3n) is 1.58. The van der Waals surface area contributed by atoms with Crippen LogP contribution < -0.4 is 0 Å². The summed E-state index contributed by atoms with van der Waals surface area (Å²) in [5.74, 6) is 0.518. The molecule has 0 aromatic heterocycles. The van der Waals surface area contributed by atoms with Crippen LogP contribution in [0.2, 0.25) is 0 Å². The molecule has 0 heterocycles. The molecular formula is C9H20O3. The first-order chi connectivity index (χ1) is 5.48. The monoisotopic (exact) mass is 176 g/mol. The molecule has 0 aliphatic rings. The van der Waals surface area contributed by atoms with Crippen LogP contribution in [0.5, 0.6) is 0 Å². The fourth-order valence-electron chi connectivity index (χ4n) is 0.690. The topological polar surface area (TPSA) is 49.7 Å². The van der Waals surface area contributed by atoms with Gasteiger partial charge in [-0.25, -0.2) is 0 Å². The van der Waals surface area contributed by atoms with Gasteiger partial charge in [0.15, 0.2) is 0 Å². The summed E-state index contributed by atoms with van der Waals surface area (Å²) in [6, 6.07) is 0. The van der Waals surface area contributed by atoms with Gasteiger partial charge in [-0.05, 0) is 12.8 Å². The van der Waals surface area contributed by atoms with Crippen molar-refractivity contribution in [1.82, 2.24) is 0 Å². The van der Waals surface area contributed by atoms with E-state index < -0.39 is 5.60 Å². The highest BCUT2D eigenvalue weighted by Gasteiger charge is 2.17. The standard InChI is InChI=1S/C9H20O3/c1-8(2)6-12-5-4-9(3,11)7-10/h8,10-11H,4-7H2,1-3H3. The van der Waals surface area contributed by atoms with Crippen LogP contribution >= 0.6 is 0 Å². The molecule has 0 aliphatic carbocycles. The van der Waals surface area contributed by atoms with Gasteiger partial charge in [-0.2, -0.15) is 0 Å². The van der Waals surface area contributed by atoms with E-state index in [1.165, 1.54) is 0 Å². The van der Waals surface area contributed by atoms with Gasteiger partial charge >= 0.3 is 0 Å². The molecule has 2 N–H and O–H groups in total. The summed E-state index contributed by atoms with van der Waals surface area (Å²) < 4.78 is 5.26. The van der Waals surface area contributed by atoms with Gasteiger partial charge in [-0.1, -0.05) is 13.8 Å². The third kappa shape index (κ3) is 6.58. The zero-order valence-corrected chi connectivity index (χ0v) is 8.21. The lowest BCUT2D eigenvalue weighted by Crippen LogP contribution is -2.30. The van der Waals surface area contributed by atoms with Crippen LogP contribution in [0.4, 0.5) is 0 Å². The first-order valence-electron chi connectivity index (χ1n) is 4.39. The molecule has 0 spiro atoms. The Bertz CT molecular complexity index is 110. The Hall–Kier alpha value is -0.120. The lowest BCUT2D eigenvalue weighted by atomic mass is 10.1. The normalized spacial score (nSPS) is 16.5. The fourth-order valence-corrected chi connectivity index (χ4v) is 0.690. The smallest absolute Gasteiger partial charge is 0.0871 e. The Morgan fingerprint density at radius 1 is 1.42 bits per heavy atom. The zero-order valence-electron chi connectivity index (χ0n) is 8.21. The van der Waals surface area contributed by atoms with Gasteiger partial charge in [-0.15, -0.1) is 0 Å². The van der Waals surface area contributed by atoms with E-state index in [1.807, 2.05) is 0 Å². The van der Waals surface area contributed by atoms with Crippen molar-refractivity contribution in [2.24, 2.45) is 5.92 Å². The average molecular weight is 176 g/mol. The Morgan fingerprint density at radius 3 is 2.42 bits per heavy atom. The summed E-state index contributed by atoms with van der Waals surface area (Å²) in [4.78, 5) is 0. The van der Waals surface area contributed by atoms with Gasteiger partial charge in [0.2, 0.25) is 0 Å². The second-order valence-electron chi connectivity index (χ2n) is 3.87. The van der Waals surface area contributed by atoms with E-state index in [4.69, 9.17) is 9.84 Å². The SMILES string of the molecule is CC(C)COCCC(C)(O)CO. The molecule has 0 radical (unpaired) electrons. The van der Waals surface area contributed by atoms with E-state index in [1.54, 1.807) is 6.92 Å². The van der Waals surface area contributed by atoms with Crippen LogP contribution in [0, 0.1) is 5.92 Å². The fraction of sp³-hybridized carbons (Fsp3) is 1.00. The lowest BCUT2D eigenvalue weighted by molar-refractivity contribution is -0.0290. The largest absolute Gasteiger partial charge is 0.393 e. The van der Waals surface area contributed by atoms with Crippen LogP contribution in [0.1, 0.15) is 27.2 Å². The highest BCUT2D eigenvalue weighted by molar-refractivity contribution is 4.69. The minimum Gasteiger partial charge on any atom is -0.393 e.